The van der Waals surface area contributed by atoms with Gasteiger partial charge in [0.2, 0.25) is 0 Å². The molecular weight excluding hydrogens is 226 g/mol. The smallest absolute Gasteiger partial charge is 0.149 e. The third-order valence-electron chi connectivity index (χ3n) is 4.89. The van der Waals surface area contributed by atoms with Crippen molar-refractivity contribution in [1.29, 1.82) is 0 Å². The second-order valence-corrected chi connectivity index (χ2v) is 6.47. The summed E-state index contributed by atoms with van der Waals surface area (Å²) < 4.78 is 5.99. The minimum Gasteiger partial charge on any atom is -0.375 e. The highest BCUT2D eigenvalue weighted by Crippen LogP contribution is 2.42. The van der Waals surface area contributed by atoms with Gasteiger partial charge in [0.05, 0.1) is 12.1 Å². The summed E-state index contributed by atoms with van der Waals surface area (Å²) in [6.45, 7) is 2.41. The zero-order chi connectivity index (χ0) is 12.4. The van der Waals surface area contributed by atoms with Gasteiger partial charge in [-0.25, -0.2) is 0 Å². The standard InChI is InChI=1S/C15H25NO2/c17-14(11-16-10-12-3-4-12)13-5-8-18-15(9-13)6-1-2-7-15/h12-13,16H,1-11H2. The van der Waals surface area contributed by atoms with E-state index in [1.807, 2.05) is 0 Å². The number of ether oxygens (including phenoxy) is 1. The first kappa shape index (κ1) is 12.6. The highest BCUT2D eigenvalue weighted by atomic mass is 16.5. The summed E-state index contributed by atoms with van der Waals surface area (Å²) in [5, 5.41) is 3.33. The van der Waals surface area contributed by atoms with Gasteiger partial charge in [0, 0.05) is 12.5 Å². The molecule has 3 nitrogen and oxygen atoms in total. The molecule has 18 heavy (non-hydrogen) atoms. The van der Waals surface area contributed by atoms with E-state index in [1.54, 1.807) is 0 Å². The molecule has 0 aromatic rings. The van der Waals surface area contributed by atoms with Crippen LogP contribution in [0.4, 0.5) is 0 Å². The van der Waals surface area contributed by atoms with E-state index in [4.69, 9.17) is 4.74 Å². The molecule has 3 aliphatic rings. The van der Waals surface area contributed by atoms with Crippen LogP contribution in [0.15, 0.2) is 0 Å². The van der Waals surface area contributed by atoms with Gasteiger partial charge in [0.25, 0.3) is 0 Å². The van der Waals surface area contributed by atoms with Crippen molar-refractivity contribution in [1.82, 2.24) is 5.32 Å². The molecule has 0 aromatic carbocycles. The first-order valence-corrected chi connectivity index (χ1v) is 7.65. The third kappa shape index (κ3) is 2.94. The van der Waals surface area contributed by atoms with Gasteiger partial charge in [-0.05, 0) is 51.0 Å². The molecule has 1 saturated heterocycles. The van der Waals surface area contributed by atoms with Gasteiger partial charge in [-0.1, -0.05) is 12.8 Å². The first-order valence-electron chi connectivity index (χ1n) is 7.65. The fourth-order valence-electron chi connectivity index (χ4n) is 3.54. The maximum atomic E-state index is 12.2. The molecular formula is C15H25NO2. The molecule has 102 valence electrons. The first-order chi connectivity index (χ1) is 8.77. The summed E-state index contributed by atoms with van der Waals surface area (Å²) in [5.41, 5.74) is 0.0784. The Bertz CT molecular complexity index is 306. The fraction of sp³-hybridized carbons (Fsp3) is 0.933. The number of nitrogens with one attached hydrogen (secondary N) is 1. The van der Waals surface area contributed by atoms with E-state index in [9.17, 15) is 4.79 Å². The van der Waals surface area contributed by atoms with Gasteiger partial charge in [-0.2, -0.15) is 0 Å². The highest BCUT2D eigenvalue weighted by Gasteiger charge is 2.41. The van der Waals surface area contributed by atoms with Crippen LogP contribution in [0.2, 0.25) is 0 Å². The Hall–Kier alpha value is -0.410. The maximum absolute atomic E-state index is 12.2. The van der Waals surface area contributed by atoms with E-state index < -0.39 is 0 Å². The highest BCUT2D eigenvalue weighted by molar-refractivity contribution is 5.83. The fourth-order valence-corrected chi connectivity index (χ4v) is 3.54. The summed E-state index contributed by atoms with van der Waals surface area (Å²) in [5.74, 6) is 1.53. The zero-order valence-corrected chi connectivity index (χ0v) is 11.2. The average Bonchev–Trinajstić information content (AvgIpc) is 3.10. The van der Waals surface area contributed by atoms with Crippen LogP contribution in [0.25, 0.3) is 0 Å². The monoisotopic (exact) mass is 251 g/mol. The van der Waals surface area contributed by atoms with Crippen LogP contribution in [-0.2, 0) is 9.53 Å². The molecule has 1 aliphatic heterocycles. The molecule has 0 radical (unpaired) electrons. The van der Waals surface area contributed by atoms with E-state index >= 15 is 0 Å². The summed E-state index contributed by atoms with van der Waals surface area (Å²) in [4.78, 5) is 12.2. The number of hydrogen-bond donors (Lipinski definition) is 1. The summed E-state index contributed by atoms with van der Waals surface area (Å²) in [6.07, 6.45) is 9.52. The third-order valence-corrected chi connectivity index (χ3v) is 4.89. The van der Waals surface area contributed by atoms with Crippen molar-refractivity contribution in [3.63, 3.8) is 0 Å². The lowest BCUT2D eigenvalue weighted by molar-refractivity contribution is -0.135. The quantitative estimate of drug-likeness (QED) is 0.815. The molecule has 2 saturated carbocycles. The normalized spacial score (nSPS) is 30.8. The van der Waals surface area contributed by atoms with Crippen molar-refractivity contribution in [2.45, 2.75) is 57.0 Å². The van der Waals surface area contributed by atoms with E-state index in [0.29, 0.717) is 12.3 Å². The number of carbonyl (C=O) groups excluding carboxylic acids is 1. The Balaban J connectivity index is 1.46. The number of Topliss-reactive ketones (excluding diaryl/α,β-unsaturated/α-hetero) is 1. The Kier molecular flexibility index (Phi) is 3.71. The Morgan fingerprint density at radius 3 is 2.72 bits per heavy atom. The molecule has 0 amide bonds. The topological polar surface area (TPSA) is 38.3 Å². The van der Waals surface area contributed by atoms with Crippen molar-refractivity contribution in [3.8, 4) is 0 Å². The lowest BCUT2D eigenvalue weighted by Gasteiger charge is -2.37. The van der Waals surface area contributed by atoms with Gasteiger partial charge in [-0.15, -0.1) is 0 Å². The van der Waals surface area contributed by atoms with Crippen LogP contribution in [0.1, 0.15) is 51.4 Å². The summed E-state index contributed by atoms with van der Waals surface area (Å²) >= 11 is 0. The maximum Gasteiger partial charge on any atom is 0.149 e. The summed E-state index contributed by atoms with van der Waals surface area (Å²) in [7, 11) is 0. The molecule has 2 aliphatic carbocycles. The van der Waals surface area contributed by atoms with Gasteiger partial charge >= 0.3 is 0 Å². The summed E-state index contributed by atoms with van der Waals surface area (Å²) in [6, 6.07) is 0. The molecule has 1 heterocycles. The molecule has 1 atom stereocenters. The van der Waals surface area contributed by atoms with Crippen molar-refractivity contribution < 1.29 is 9.53 Å². The minimum atomic E-state index is 0.0784. The van der Waals surface area contributed by atoms with Gasteiger partial charge in [0.1, 0.15) is 5.78 Å². The second kappa shape index (κ2) is 5.30. The van der Waals surface area contributed by atoms with Crippen LogP contribution in [0.3, 0.4) is 0 Å². The minimum absolute atomic E-state index is 0.0784. The molecule has 0 aromatic heterocycles. The number of carbonyl (C=O) groups is 1. The Labute approximate surface area is 110 Å². The van der Waals surface area contributed by atoms with Crippen LogP contribution >= 0.6 is 0 Å². The number of rotatable bonds is 5. The SMILES string of the molecule is O=C(CNCC1CC1)C1CCOC2(CCCC2)C1. The average molecular weight is 251 g/mol. The van der Waals surface area contributed by atoms with Gasteiger partial charge in [-0.3, -0.25) is 4.79 Å². The molecule has 0 bridgehead atoms. The largest absolute Gasteiger partial charge is 0.375 e. The van der Waals surface area contributed by atoms with E-state index in [-0.39, 0.29) is 11.5 Å². The molecule has 3 fully saturated rings. The molecule has 1 N–H and O–H groups in total. The molecule has 3 rings (SSSR count). The number of ketones is 1. The predicted octanol–water partition coefficient (Wildman–Crippen LogP) is 2.29. The molecule has 1 spiro atoms. The van der Waals surface area contributed by atoms with E-state index in [2.05, 4.69) is 5.32 Å². The van der Waals surface area contributed by atoms with Crippen molar-refractivity contribution in [2.75, 3.05) is 19.7 Å². The van der Waals surface area contributed by atoms with Gasteiger partial charge in [0.15, 0.2) is 0 Å². The Morgan fingerprint density at radius 2 is 2.00 bits per heavy atom. The van der Waals surface area contributed by atoms with Crippen LogP contribution in [0, 0.1) is 11.8 Å². The van der Waals surface area contributed by atoms with Crippen molar-refractivity contribution in [2.24, 2.45) is 11.8 Å². The lowest BCUT2D eigenvalue weighted by atomic mass is 9.82. The van der Waals surface area contributed by atoms with Crippen molar-refractivity contribution >= 4 is 5.78 Å². The lowest BCUT2D eigenvalue weighted by Crippen LogP contribution is -2.42. The molecule has 1 unspecified atom stereocenters. The van der Waals surface area contributed by atoms with E-state index in [0.717, 1.165) is 31.9 Å². The van der Waals surface area contributed by atoms with Crippen molar-refractivity contribution in [3.05, 3.63) is 0 Å². The van der Waals surface area contributed by atoms with Crippen LogP contribution in [0.5, 0.6) is 0 Å². The predicted molar refractivity (Wildman–Crippen MR) is 70.5 cm³/mol. The Morgan fingerprint density at radius 1 is 1.22 bits per heavy atom. The van der Waals surface area contributed by atoms with Crippen LogP contribution < -0.4 is 5.32 Å². The van der Waals surface area contributed by atoms with E-state index in [1.165, 1.54) is 38.5 Å². The van der Waals surface area contributed by atoms with Crippen LogP contribution in [-0.4, -0.2) is 31.1 Å². The number of hydrogen-bond acceptors (Lipinski definition) is 3. The van der Waals surface area contributed by atoms with Gasteiger partial charge < -0.3 is 10.1 Å². The molecule has 3 heteroatoms. The second-order valence-electron chi connectivity index (χ2n) is 6.47. The zero-order valence-electron chi connectivity index (χ0n) is 11.2.